The summed E-state index contributed by atoms with van der Waals surface area (Å²) in [6.07, 6.45) is -0.0774. The van der Waals surface area contributed by atoms with Gasteiger partial charge >= 0.3 is 0 Å². The maximum Gasteiger partial charge on any atom is 0.240 e. The molecule has 2 aromatic rings. The fourth-order valence-electron chi connectivity index (χ4n) is 4.74. The zero-order valence-corrected chi connectivity index (χ0v) is 20.5. The third-order valence-corrected chi connectivity index (χ3v) is 7.55. The fraction of sp³-hybridized carbons (Fsp3) is 0.480. The minimum atomic E-state index is -1.23. The van der Waals surface area contributed by atoms with Crippen molar-refractivity contribution in [2.24, 2.45) is 0 Å². The molecule has 1 aromatic carbocycles. The predicted octanol–water partition coefficient (Wildman–Crippen LogP) is 2.13. The van der Waals surface area contributed by atoms with Crippen LogP contribution in [0.4, 0.5) is 0 Å². The molecular formula is C25H31N3O5S. The lowest BCUT2D eigenvalue weighted by molar-refractivity contribution is -0.143. The number of piperazine rings is 1. The van der Waals surface area contributed by atoms with Crippen molar-refractivity contribution in [3.05, 3.63) is 52.2 Å². The number of benzene rings is 1. The maximum absolute atomic E-state index is 13.6. The molecule has 0 unspecified atom stereocenters. The highest BCUT2D eigenvalue weighted by Crippen LogP contribution is 2.41. The highest BCUT2D eigenvalue weighted by atomic mass is 32.1. The average Bonchev–Trinajstić information content (AvgIpc) is 3.44. The normalized spacial score (nSPS) is 21.4. The molecule has 0 saturated carbocycles. The predicted molar refractivity (Wildman–Crippen MR) is 129 cm³/mol. The van der Waals surface area contributed by atoms with E-state index in [1.807, 2.05) is 11.0 Å². The van der Waals surface area contributed by atoms with Crippen LogP contribution < -0.4 is 4.74 Å². The van der Waals surface area contributed by atoms with E-state index in [4.69, 9.17) is 9.47 Å². The van der Waals surface area contributed by atoms with Crippen molar-refractivity contribution in [2.75, 3.05) is 53.6 Å². The largest absolute Gasteiger partial charge is 0.497 e. The standard InChI is InChI=1S/C25H31N3O5S/c1-32-13-12-28-23(30)17-25(24(28)31,19-5-3-6-20(15-19)33-2)16-22(29)27-10-8-26(9-11-27)18-21-7-4-14-34-21/h3-7,14-15H,8-13,16-18H2,1-2H3/t25-/m1/s1. The smallest absolute Gasteiger partial charge is 0.240 e. The molecule has 0 N–H and O–H groups in total. The van der Waals surface area contributed by atoms with Gasteiger partial charge in [0.05, 0.1) is 25.7 Å². The number of ether oxygens (including phenoxy) is 2. The Kier molecular flexibility index (Phi) is 7.65. The van der Waals surface area contributed by atoms with Gasteiger partial charge in [-0.1, -0.05) is 18.2 Å². The number of likely N-dealkylation sites (tertiary alicyclic amines) is 1. The Hall–Kier alpha value is -2.75. The molecule has 0 spiro atoms. The molecule has 2 aliphatic rings. The van der Waals surface area contributed by atoms with Gasteiger partial charge in [-0.2, -0.15) is 0 Å². The van der Waals surface area contributed by atoms with Gasteiger partial charge in [0, 0.05) is 57.6 Å². The summed E-state index contributed by atoms with van der Waals surface area (Å²) in [7, 11) is 3.08. The van der Waals surface area contributed by atoms with Crippen LogP contribution in [-0.4, -0.2) is 86.0 Å². The second-order valence-corrected chi connectivity index (χ2v) is 9.78. The zero-order chi connectivity index (χ0) is 24.1. The van der Waals surface area contributed by atoms with Gasteiger partial charge in [-0.05, 0) is 29.1 Å². The summed E-state index contributed by atoms with van der Waals surface area (Å²) in [5.74, 6) is -0.138. The summed E-state index contributed by atoms with van der Waals surface area (Å²) >= 11 is 1.74. The first-order valence-corrected chi connectivity index (χ1v) is 12.4. The van der Waals surface area contributed by atoms with Gasteiger partial charge in [-0.15, -0.1) is 11.3 Å². The van der Waals surface area contributed by atoms with Crippen molar-refractivity contribution in [1.29, 1.82) is 0 Å². The number of hydrogen-bond donors (Lipinski definition) is 0. The number of rotatable bonds is 9. The van der Waals surface area contributed by atoms with Gasteiger partial charge < -0.3 is 14.4 Å². The number of carbonyl (C=O) groups is 3. The van der Waals surface area contributed by atoms with Crippen LogP contribution in [0.1, 0.15) is 23.3 Å². The van der Waals surface area contributed by atoms with E-state index in [1.54, 1.807) is 42.7 Å². The molecular weight excluding hydrogens is 454 g/mol. The summed E-state index contributed by atoms with van der Waals surface area (Å²) in [6.45, 7) is 4.09. The Morgan fingerprint density at radius 1 is 1.09 bits per heavy atom. The summed E-state index contributed by atoms with van der Waals surface area (Å²) in [4.78, 5) is 46.7. The first-order chi connectivity index (χ1) is 16.5. The third-order valence-electron chi connectivity index (χ3n) is 6.69. The molecule has 3 amide bonds. The molecule has 8 nitrogen and oxygen atoms in total. The Balaban J connectivity index is 1.51. The van der Waals surface area contributed by atoms with Crippen molar-refractivity contribution < 1.29 is 23.9 Å². The van der Waals surface area contributed by atoms with E-state index in [0.717, 1.165) is 19.6 Å². The van der Waals surface area contributed by atoms with E-state index in [0.29, 0.717) is 24.4 Å². The minimum Gasteiger partial charge on any atom is -0.497 e. The molecule has 2 fully saturated rings. The van der Waals surface area contributed by atoms with E-state index < -0.39 is 5.41 Å². The molecule has 182 valence electrons. The monoisotopic (exact) mass is 485 g/mol. The molecule has 1 aromatic heterocycles. The first-order valence-electron chi connectivity index (χ1n) is 11.5. The Morgan fingerprint density at radius 3 is 2.56 bits per heavy atom. The number of nitrogens with zero attached hydrogens (tertiary/aromatic N) is 3. The molecule has 1 atom stereocenters. The summed E-state index contributed by atoms with van der Waals surface area (Å²) in [6, 6.07) is 11.3. The van der Waals surface area contributed by atoms with Gasteiger partial charge in [0.2, 0.25) is 17.7 Å². The van der Waals surface area contributed by atoms with E-state index in [1.165, 1.54) is 16.9 Å². The molecule has 4 rings (SSSR count). The van der Waals surface area contributed by atoms with Crippen LogP contribution in [0.15, 0.2) is 41.8 Å². The number of carbonyl (C=O) groups excluding carboxylic acids is 3. The van der Waals surface area contributed by atoms with Crippen LogP contribution in [0.5, 0.6) is 5.75 Å². The molecule has 2 saturated heterocycles. The van der Waals surface area contributed by atoms with E-state index >= 15 is 0 Å². The Labute approximate surface area is 204 Å². The quantitative estimate of drug-likeness (QED) is 0.507. The highest BCUT2D eigenvalue weighted by Gasteiger charge is 2.54. The Morgan fingerprint density at radius 2 is 1.88 bits per heavy atom. The summed E-state index contributed by atoms with van der Waals surface area (Å²) in [5, 5.41) is 2.07. The van der Waals surface area contributed by atoms with Crippen LogP contribution in [0.3, 0.4) is 0 Å². The van der Waals surface area contributed by atoms with Crippen LogP contribution in [0.2, 0.25) is 0 Å². The Bertz CT molecular complexity index is 1020. The molecule has 0 radical (unpaired) electrons. The maximum atomic E-state index is 13.6. The summed E-state index contributed by atoms with van der Waals surface area (Å²) in [5.41, 5.74) is -0.598. The second-order valence-electron chi connectivity index (χ2n) is 8.75. The highest BCUT2D eigenvalue weighted by molar-refractivity contribution is 7.09. The minimum absolute atomic E-state index is 0.0349. The lowest BCUT2D eigenvalue weighted by Crippen LogP contribution is -2.50. The van der Waals surface area contributed by atoms with Crippen molar-refractivity contribution in [3.8, 4) is 5.75 Å². The fourth-order valence-corrected chi connectivity index (χ4v) is 5.49. The van der Waals surface area contributed by atoms with E-state index in [9.17, 15) is 14.4 Å². The molecule has 0 aliphatic carbocycles. The topological polar surface area (TPSA) is 79.4 Å². The van der Waals surface area contributed by atoms with Crippen molar-refractivity contribution in [2.45, 2.75) is 24.8 Å². The number of thiophene rings is 1. The van der Waals surface area contributed by atoms with Gasteiger partial charge in [0.25, 0.3) is 0 Å². The lowest BCUT2D eigenvalue weighted by Gasteiger charge is -2.36. The van der Waals surface area contributed by atoms with Crippen LogP contribution in [0, 0.1) is 0 Å². The van der Waals surface area contributed by atoms with Crippen molar-refractivity contribution in [1.82, 2.24) is 14.7 Å². The van der Waals surface area contributed by atoms with E-state index in [2.05, 4.69) is 16.3 Å². The number of hydrogen-bond acceptors (Lipinski definition) is 7. The molecule has 2 aliphatic heterocycles. The average molecular weight is 486 g/mol. The van der Waals surface area contributed by atoms with Crippen LogP contribution >= 0.6 is 11.3 Å². The zero-order valence-electron chi connectivity index (χ0n) is 19.7. The second kappa shape index (κ2) is 10.7. The number of methoxy groups -OCH3 is 2. The molecule has 0 bridgehead atoms. The van der Waals surface area contributed by atoms with Gasteiger partial charge in [0.1, 0.15) is 5.75 Å². The van der Waals surface area contributed by atoms with Crippen LogP contribution in [0.25, 0.3) is 0 Å². The van der Waals surface area contributed by atoms with Gasteiger partial charge in [0.15, 0.2) is 0 Å². The molecule has 9 heteroatoms. The molecule has 3 heterocycles. The molecule has 34 heavy (non-hydrogen) atoms. The lowest BCUT2D eigenvalue weighted by atomic mass is 9.75. The third kappa shape index (κ3) is 5.01. The number of imide groups is 1. The summed E-state index contributed by atoms with van der Waals surface area (Å²) < 4.78 is 10.4. The van der Waals surface area contributed by atoms with Crippen LogP contribution in [-0.2, 0) is 31.1 Å². The van der Waals surface area contributed by atoms with Crippen molar-refractivity contribution in [3.63, 3.8) is 0 Å². The van der Waals surface area contributed by atoms with E-state index in [-0.39, 0.29) is 43.7 Å². The SMILES string of the molecule is COCCN1C(=O)C[C@](CC(=O)N2CCN(Cc3cccs3)CC2)(c2cccc(OC)c2)C1=O. The first kappa shape index (κ1) is 24.4. The van der Waals surface area contributed by atoms with Gasteiger partial charge in [-0.25, -0.2) is 0 Å². The number of amides is 3. The van der Waals surface area contributed by atoms with Crippen molar-refractivity contribution >= 4 is 29.1 Å². The van der Waals surface area contributed by atoms with Gasteiger partial charge in [-0.3, -0.25) is 24.2 Å².